The number of hydrogen-bond acceptors (Lipinski definition) is 4. The van der Waals surface area contributed by atoms with Gasteiger partial charge in [-0.25, -0.2) is 4.98 Å². The second-order valence-electron chi connectivity index (χ2n) is 8.98. The summed E-state index contributed by atoms with van der Waals surface area (Å²) in [7, 11) is 0. The van der Waals surface area contributed by atoms with Gasteiger partial charge < -0.3 is 11.1 Å². The van der Waals surface area contributed by atoms with Gasteiger partial charge in [0.15, 0.2) is 0 Å². The molecule has 0 saturated heterocycles. The number of carbonyl (C=O) groups excluding carboxylic acids is 1. The molecule has 6 heteroatoms. The third kappa shape index (κ3) is 5.48. The number of halogens is 1. The van der Waals surface area contributed by atoms with Crippen LogP contribution in [-0.4, -0.2) is 22.4 Å². The fraction of sp³-hybridized carbons (Fsp3) is 0.375. The maximum Gasteiger partial charge on any atom is 0.223 e. The predicted molar refractivity (Wildman–Crippen MR) is 124 cm³/mol. The van der Waals surface area contributed by atoms with Gasteiger partial charge in [0.25, 0.3) is 0 Å². The highest BCUT2D eigenvalue weighted by Crippen LogP contribution is 2.29. The third-order valence-corrected chi connectivity index (χ3v) is 5.41. The van der Waals surface area contributed by atoms with Crippen molar-refractivity contribution >= 4 is 34.2 Å². The van der Waals surface area contributed by atoms with Crippen LogP contribution in [0.5, 0.6) is 0 Å². The van der Waals surface area contributed by atoms with Gasteiger partial charge in [0.1, 0.15) is 5.82 Å². The average Bonchev–Trinajstić information content (AvgIpc) is 2.67. The summed E-state index contributed by atoms with van der Waals surface area (Å²) < 4.78 is 0. The van der Waals surface area contributed by atoms with Gasteiger partial charge in [0, 0.05) is 29.6 Å². The van der Waals surface area contributed by atoms with E-state index in [1.165, 1.54) is 0 Å². The van der Waals surface area contributed by atoms with E-state index in [0.717, 1.165) is 34.1 Å². The largest absolute Gasteiger partial charge is 0.383 e. The molecule has 3 rings (SSSR count). The normalized spacial score (nSPS) is 12.7. The van der Waals surface area contributed by atoms with Gasteiger partial charge in [-0.1, -0.05) is 45.4 Å². The Labute approximate surface area is 183 Å². The van der Waals surface area contributed by atoms with Crippen molar-refractivity contribution in [2.24, 2.45) is 11.3 Å². The number of rotatable bonds is 6. The molecule has 158 valence electrons. The first-order chi connectivity index (χ1) is 14.1. The van der Waals surface area contributed by atoms with Gasteiger partial charge >= 0.3 is 0 Å². The number of anilines is 1. The van der Waals surface area contributed by atoms with Crippen molar-refractivity contribution in [3.05, 3.63) is 53.2 Å². The smallest absolute Gasteiger partial charge is 0.223 e. The Bertz CT molecular complexity index is 1060. The van der Waals surface area contributed by atoms with Crippen LogP contribution >= 0.6 is 11.6 Å². The molecule has 0 bridgehead atoms. The van der Waals surface area contributed by atoms with E-state index in [1.807, 2.05) is 37.3 Å². The number of benzene rings is 1. The molecule has 0 aliphatic heterocycles. The topological polar surface area (TPSA) is 80.9 Å². The summed E-state index contributed by atoms with van der Waals surface area (Å²) in [6, 6.07) is 11.5. The molecule has 2 heterocycles. The fourth-order valence-electron chi connectivity index (χ4n) is 3.30. The van der Waals surface area contributed by atoms with E-state index in [1.54, 1.807) is 12.3 Å². The zero-order valence-electron chi connectivity index (χ0n) is 18.0. The van der Waals surface area contributed by atoms with E-state index in [0.29, 0.717) is 23.8 Å². The van der Waals surface area contributed by atoms with Crippen molar-refractivity contribution in [3.63, 3.8) is 0 Å². The highest BCUT2D eigenvalue weighted by Gasteiger charge is 2.17. The molecular formula is C24H29ClN4O. The molecule has 0 saturated carbocycles. The van der Waals surface area contributed by atoms with Crippen LogP contribution in [0.1, 0.15) is 39.7 Å². The van der Waals surface area contributed by atoms with Crippen LogP contribution < -0.4 is 11.1 Å². The lowest BCUT2D eigenvalue weighted by Gasteiger charge is -2.19. The van der Waals surface area contributed by atoms with Gasteiger partial charge in [-0.3, -0.25) is 9.78 Å². The summed E-state index contributed by atoms with van der Waals surface area (Å²) in [6.45, 7) is 9.08. The number of hydrogen-bond donors (Lipinski definition) is 2. The number of carbonyl (C=O) groups is 1. The van der Waals surface area contributed by atoms with E-state index in [4.69, 9.17) is 17.3 Å². The molecule has 2 aromatic heterocycles. The van der Waals surface area contributed by atoms with Crippen LogP contribution in [0.2, 0.25) is 5.02 Å². The Balaban J connectivity index is 1.79. The molecule has 3 N–H and O–H groups in total. The first-order valence-electron chi connectivity index (χ1n) is 10.2. The van der Waals surface area contributed by atoms with Crippen molar-refractivity contribution in [3.8, 4) is 11.3 Å². The Hall–Kier alpha value is -2.66. The molecule has 0 radical (unpaired) electrons. The minimum atomic E-state index is -0.195. The van der Waals surface area contributed by atoms with E-state index in [9.17, 15) is 4.79 Å². The highest BCUT2D eigenvalue weighted by atomic mass is 35.5. The summed E-state index contributed by atoms with van der Waals surface area (Å²) in [6.07, 6.45) is 3.19. The number of nitrogens with zero attached hydrogens (tertiary/aromatic N) is 2. The molecular weight excluding hydrogens is 396 g/mol. The van der Waals surface area contributed by atoms with Crippen molar-refractivity contribution in [2.45, 2.75) is 40.5 Å². The molecule has 0 aliphatic rings. The summed E-state index contributed by atoms with van der Waals surface area (Å²) in [4.78, 5) is 21.4. The van der Waals surface area contributed by atoms with Gasteiger partial charge in [-0.2, -0.15) is 0 Å². The first kappa shape index (κ1) is 22.0. The van der Waals surface area contributed by atoms with Gasteiger partial charge in [-0.15, -0.1) is 0 Å². The Kier molecular flexibility index (Phi) is 6.61. The summed E-state index contributed by atoms with van der Waals surface area (Å²) >= 11 is 6.30. The standard InChI is InChI=1S/C24H29ClN4O/c1-15(23(30)28-11-9-24(2,3)4)12-18-14-17-13-16(7-8-20(17)29-22(18)26)21-19(25)6-5-10-27-21/h5-8,10,13-15H,9,11-12H2,1-4H3,(H2,26,29)(H,28,30). The van der Waals surface area contributed by atoms with Crippen LogP contribution in [0.4, 0.5) is 5.82 Å². The maximum absolute atomic E-state index is 12.5. The quantitative estimate of drug-likeness (QED) is 0.565. The Morgan fingerprint density at radius 2 is 2.00 bits per heavy atom. The third-order valence-electron chi connectivity index (χ3n) is 5.11. The van der Waals surface area contributed by atoms with Crippen LogP contribution in [0.25, 0.3) is 22.2 Å². The second kappa shape index (κ2) is 9.00. The van der Waals surface area contributed by atoms with Crippen LogP contribution in [0.3, 0.4) is 0 Å². The molecule has 3 aromatic rings. The van der Waals surface area contributed by atoms with Crippen LogP contribution in [-0.2, 0) is 11.2 Å². The number of nitrogen functional groups attached to an aromatic ring is 1. The Morgan fingerprint density at radius 3 is 2.70 bits per heavy atom. The monoisotopic (exact) mass is 424 g/mol. The van der Waals surface area contributed by atoms with E-state index >= 15 is 0 Å². The molecule has 5 nitrogen and oxygen atoms in total. The molecule has 0 fully saturated rings. The van der Waals surface area contributed by atoms with E-state index in [2.05, 4.69) is 36.1 Å². The predicted octanol–water partition coefficient (Wildman–Crippen LogP) is 5.26. The molecule has 1 unspecified atom stereocenters. The maximum atomic E-state index is 12.5. The lowest BCUT2D eigenvalue weighted by atomic mass is 9.92. The summed E-state index contributed by atoms with van der Waals surface area (Å²) in [5.41, 5.74) is 9.69. The zero-order valence-corrected chi connectivity index (χ0v) is 18.8. The molecule has 1 atom stereocenters. The molecule has 0 aliphatic carbocycles. The van der Waals surface area contributed by atoms with Crippen molar-refractivity contribution in [1.29, 1.82) is 0 Å². The average molecular weight is 425 g/mol. The van der Waals surface area contributed by atoms with Crippen LogP contribution in [0.15, 0.2) is 42.6 Å². The summed E-state index contributed by atoms with van der Waals surface area (Å²) in [5.74, 6) is 0.299. The van der Waals surface area contributed by atoms with Gasteiger partial charge in [-0.05, 0) is 54.2 Å². The highest BCUT2D eigenvalue weighted by molar-refractivity contribution is 6.33. The number of nitrogens with two attached hydrogens (primary N) is 1. The molecule has 1 aromatic carbocycles. The van der Waals surface area contributed by atoms with Gasteiger partial charge in [0.05, 0.1) is 16.2 Å². The number of aromatic nitrogens is 2. The molecule has 1 amide bonds. The lowest BCUT2D eigenvalue weighted by molar-refractivity contribution is -0.124. The Morgan fingerprint density at radius 1 is 1.23 bits per heavy atom. The van der Waals surface area contributed by atoms with Gasteiger partial charge in [0.2, 0.25) is 5.91 Å². The number of nitrogens with one attached hydrogen (secondary N) is 1. The summed E-state index contributed by atoms with van der Waals surface area (Å²) in [5, 5.41) is 4.57. The first-order valence-corrected chi connectivity index (χ1v) is 10.6. The zero-order chi connectivity index (χ0) is 21.9. The molecule has 0 spiro atoms. The minimum absolute atomic E-state index is 0.0350. The number of amides is 1. The SMILES string of the molecule is CC(Cc1cc2cc(-c3ncccc3Cl)ccc2nc1N)C(=O)NCCC(C)(C)C. The fourth-order valence-corrected chi connectivity index (χ4v) is 3.53. The molecule has 30 heavy (non-hydrogen) atoms. The van der Waals surface area contributed by atoms with E-state index in [-0.39, 0.29) is 17.2 Å². The number of pyridine rings is 2. The van der Waals surface area contributed by atoms with Crippen molar-refractivity contribution in [2.75, 3.05) is 12.3 Å². The van der Waals surface area contributed by atoms with Crippen molar-refractivity contribution < 1.29 is 4.79 Å². The lowest BCUT2D eigenvalue weighted by Crippen LogP contribution is -2.32. The second-order valence-corrected chi connectivity index (χ2v) is 9.39. The van der Waals surface area contributed by atoms with E-state index < -0.39 is 0 Å². The van der Waals surface area contributed by atoms with Crippen LogP contribution in [0, 0.1) is 11.3 Å². The van der Waals surface area contributed by atoms with Crippen molar-refractivity contribution in [1.82, 2.24) is 15.3 Å². The minimum Gasteiger partial charge on any atom is -0.383 e. The number of fused-ring (bicyclic) bond motifs is 1.